The fourth-order valence-electron chi connectivity index (χ4n) is 4.57. The first-order chi connectivity index (χ1) is 14.2. The zero-order valence-electron chi connectivity index (χ0n) is 17.0. The number of fused-ring (bicyclic) bond motifs is 1. The smallest absolute Gasteiger partial charge is 0.241 e. The van der Waals surface area contributed by atoms with Crippen LogP contribution in [0.5, 0.6) is 0 Å². The van der Waals surface area contributed by atoms with Gasteiger partial charge in [0.25, 0.3) is 0 Å². The Morgan fingerprint density at radius 3 is 2.73 bits per heavy atom. The van der Waals surface area contributed by atoms with Gasteiger partial charge in [0.05, 0.1) is 40.9 Å². The first-order valence-electron chi connectivity index (χ1n) is 10.1. The van der Waals surface area contributed by atoms with Gasteiger partial charge in [0, 0.05) is 18.5 Å². The lowest BCUT2D eigenvalue weighted by molar-refractivity contribution is 0.0950. The molecule has 0 radical (unpaired) electrons. The molecule has 1 saturated heterocycles. The van der Waals surface area contributed by atoms with Crippen molar-refractivity contribution < 1.29 is 13.5 Å². The maximum Gasteiger partial charge on any atom is 0.241 e. The predicted molar refractivity (Wildman–Crippen MR) is 113 cm³/mol. The van der Waals surface area contributed by atoms with Crippen LogP contribution in [-0.4, -0.2) is 63.9 Å². The van der Waals surface area contributed by atoms with E-state index < -0.39 is 16.1 Å². The van der Waals surface area contributed by atoms with Crippen LogP contribution in [-0.2, 0) is 15.4 Å². The van der Waals surface area contributed by atoms with Gasteiger partial charge in [-0.25, -0.2) is 17.9 Å². The number of nitrogens with zero attached hydrogens (tertiary/aromatic N) is 5. The van der Waals surface area contributed by atoms with E-state index in [0.717, 1.165) is 37.6 Å². The molecule has 0 amide bonds. The summed E-state index contributed by atoms with van der Waals surface area (Å²) in [6, 6.07) is 1.86. The highest BCUT2D eigenvalue weighted by Crippen LogP contribution is 2.49. The fourth-order valence-corrected chi connectivity index (χ4v) is 5.69. The van der Waals surface area contributed by atoms with Gasteiger partial charge in [-0.15, -0.1) is 5.10 Å². The van der Waals surface area contributed by atoms with Crippen LogP contribution in [0, 0.1) is 11.3 Å². The Hall–Kier alpha value is -1.93. The summed E-state index contributed by atoms with van der Waals surface area (Å²) in [5.41, 5.74) is 1.75. The van der Waals surface area contributed by atoms with Gasteiger partial charge in [0.1, 0.15) is 11.6 Å². The van der Waals surface area contributed by atoms with Gasteiger partial charge >= 0.3 is 0 Å². The number of aliphatic hydroxyl groups is 1. The molecule has 11 heteroatoms. The summed E-state index contributed by atoms with van der Waals surface area (Å²) in [4.78, 5) is 4.32. The summed E-state index contributed by atoms with van der Waals surface area (Å²) in [5.74, 6) is 0.308. The molecule has 1 aliphatic carbocycles. The van der Waals surface area contributed by atoms with Crippen LogP contribution >= 0.6 is 11.6 Å². The third-order valence-corrected chi connectivity index (χ3v) is 8.21. The summed E-state index contributed by atoms with van der Waals surface area (Å²) in [6.07, 6.45) is 6.22. The van der Waals surface area contributed by atoms with Crippen LogP contribution in [0.3, 0.4) is 0 Å². The van der Waals surface area contributed by atoms with Crippen molar-refractivity contribution in [3.05, 3.63) is 22.5 Å². The molecule has 30 heavy (non-hydrogen) atoms. The number of nitriles is 1. The van der Waals surface area contributed by atoms with Gasteiger partial charge in [0.15, 0.2) is 0 Å². The van der Waals surface area contributed by atoms with E-state index in [1.807, 2.05) is 0 Å². The van der Waals surface area contributed by atoms with Crippen LogP contribution in [0.15, 0.2) is 6.20 Å². The van der Waals surface area contributed by atoms with E-state index in [1.165, 1.54) is 4.31 Å². The highest BCUT2D eigenvalue weighted by molar-refractivity contribution is 7.88. The Balaban J connectivity index is 1.67. The predicted octanol–water partition coefficient (Wildman–Crippen LogP) is 1.89. The van der Waals surface area contributed by atoms with Crippen molar-refractivity contribution in [2.45, 2.75) is 56.6 Å². The van der Waals surface area contributed by atoms with Crippen LogP contribution in [0.25, 0.3) is 5.52 Å². The van der Waals surface area contributed by atoms with Crippen LogP contribution in [0.2, 0.25) is 5.02 Å². The van der Waals surface area contributed by atoms with Gasteiger partial charge in [-0.3, -0.25) is 0 Å². The number of aromatic nitrogens is 3. The van der Waals surface area contributed by atoms with E-state index in [9.17, 15) is 18.8 Å². The van der Waals surface area contributed by atoms with E-state index in [2.05, 4.69) is 28.4 Å². The van der Waals surface area contributed by atoms with Gasteiger partial charge < -0.3 is 10.4 Å². The number of nitrogens with one attached hydrogen (secondary N) is 1. The number of hydrogen-bond donors (Lipinski definition) is 2. The number of halogens is 1. The zero-order valence-corrected chi connectivity index (χ0v) is 18.5. The van der Waals surface area contributed by atoms with E-state index in [0.29, 0.717) is 35.0 Å². The molecule has 2 aromatic rings. The molecule has 0 unspecified atom stereocenters. The second-order valence-corrected chi connectivity index (χ2v) is 10.6. The Labute approximate surface area is 180 Å². The van der Waals surface area contributed by atoms with Crippen LogP contribution in [0.1, 0.15) is 50.3 Å². The Bertz CT molecular complexity index is 1120. The van der Waals surface area contributed by atoms with E-state index in [1.54, 1.807) is 10.7 Å². The van der Waals surface area contributed by atoms with E-state index in [4.69, 9.17) is 11.6 Å². The largest absolute Gasteiger partial charge is 0.390 e. The molecule has 162 valence electrons. The summed E-state index contributed by atoms with van der Waals surface area (Å²) in [7, 11) is -3.35. The van der Waals surface area contributed by atoms with Crippen molar-refractivity contribution in [3.63, 3.8) is 0 Å². The maximum atomic E-state index is 11.7. The van der Waals surface area contributed by atoms with Crippen molar-refractivity contribution in [1.82, 2.24) is 18.9 Å². The summed E-state index contributed by atoms with van der Waals surface area (Å²) < 4.78 is 26.4. The number of sulfonamides is 1. The van der Waals surface area contributed by atoms with Gasteiger partial charge in [-0.2, -0.15) is 9.57 Å². The van der Waals surface area contributed by atoms with Crippen LogP contribution < -0.4 is 5.32 Å². The molecule has 9 nitrogen and oxygen atoms in total. The molecule has 2 atom stereocenters. The maximum absolute atomic E-state index is 11.7. The molecule has 3 heterocycles. The molecule has 4 rings (SSSR count). The highest BCUT2D eigenvalue weighted by atomic mass is 35.5. The second kappa shape index (κ2) is 7.64. The normalized spacial score (nSPS) is 24.4. The number of aliphatic hydroxyl groups excluding tert-OH is 1. The van der Waals surface area contributed by atoms with Crippen molar-refractivity contribution in [2.75, 3.05) is 24.7 Å². The standard InChI is InChI=1S/C19H25ClN6O3S/c1-3-19(6-4-7-19)17-12(9-21)16(20)14-10-22-18(24-26(14)17)23-13-5-8-25(11-15(13)27)30(2,28)29/h10,13,15,27H,3-8,11H2,1-2H3,(H,23,24)/t13-,15+/m1/s1. The van der Waals surface area contributed by atoms with Crippen molar-refractivity contribution in [1.29, 1.82) is 5.26 Å². The molecule has 2 N–H and O–H groups in total. The topological polar surface area (TPSA) is 124 Å². The van der Waals surface area contributed by atoms with E-state index >= 15 is 0 Å². The average Bonchev–Trinajstić information content (AvgIpc) is 2.94. The first kappa shape index (κ1) is 21.3. The molecule has 0 bridgehead atoms. The Kier molecular flexibility index (Phi) is 5.43. The van der Waals surface area contributed by atoms with E-state index in [-0.39, 0.29) is 18.0 Å². The second-order valence-electron chi connectivity index (χ2n) is 8.24. The SMILES string of the molecule is CCC1(c2c(C#N)c(Cl)c3cnc(N[C@@H]4CCN(S(C)(=O)=O)C[C@@H]4O)nn23)CCC1. The fraction of sp³-hybridized carbons (Fsp3) is 0.632. The Morgan fingerprint density at radius 1 is 1.47 bits per heavy atom. The average molecular weight is 453 g/mol. The van der Waals surface area contributed by atoms with Crippen LogP contribution in [0.4, 0.5) is 5.95 Å². The summed E-state index contributed by atoms with van der Waals surface area (Å²) in [5, 5.41) is 28.3. The minimum atomic E-state index is -3.35. The summed E-state index contributed by atoms with van der Waals surface area (Å²) in [6.45, 7) is 2.45. The number of hydrogen-bond acceptors (Lipinski definition) is 7. The lowest BCUT2D eigenvalue weighted by atomic mass is 9.64. The molecule has 1 saturated carbocycles. The van der Waals surface area contributed by atoms with Crippen molar-refractivity contribution >= 4 is 33.1 Å². The number of β-amino-alcohol motifs (C(OH)–C–C–N with tert-alkyl or cyclic N) is 1. The van der Waals surface area contributed by atoms with Gasteiger partial charge in [0.2, 0.25) is 16.0 Å². The third kappa shape index (κ3) is 3.43. The van der Waals surface area contributed by atoms with Gasteiger partial charge in [-0.1, -0.05) is 24.9 Å². The van der Waals surface area contributed by atoms with Crippen molar-refractivity contribution in [2.24, 2.45) is 0 Å². The number of rotatable bonds is 5. The minimum absolute atomic E-state index is 0.0247. The third-order valence-electron chi connectivity index (χ3n) is 6.55. The lowest BCUT2D eigenvalue weighted by Gasteiger charge is -2.41. The lowest BCUT2D eigenvalue weighted by Crippen LogP contribution is -2.51. The molecule has 2 fully saturated rings. The summed E-state index contributed by atoms with van der Waals surface area (Å²) >= 11 is 6.49. The molecular formula is C19H25ClN6O3S. The first-order valence-corrected chi connectivity index (χ1v) is 12.3. The molecule has 0 aromatic carbocycles. The van der Waals surface area contributed by atoms with Gasteiger partial charge in [-0.05, 0) is 25.7 Å². The number of anilines is 1. The number of piperidine rings is 1. The highest BCUT2D eigenvalue weighted by Gasteiger charge is 2.43. The molecule has 1 aliphatic heterocycles. The molecule has 2 aromatic heterocycles. The molecule has 2 aliphatic rings. The monoisotopic (exact) mass is 452 g/mol. The Morgan fingerprint density at radius 2 is 2.20 bits per heavy atom. The zero-order chi connectivity index (χ0) is 21.7. The quantitative estimate of drug-likeness (QED) is 0.709. The minimum Gasteiger partial charge on any atom is -0.390 e. The molecule has 0 spiro atoms. The molecular weight excluding hydrogens is 428 g/mol. The van der Waals surface area contributed by atoms with Crippen molar-refractivity contribution in [3.8, 4) is 6.07 Å².